The number of nitrogens with zero attached hydrogens (tertiary/aromatic N) is 3. The Morgan fingerprint density at radius 3 is 3.00 bits per heavy atom. The zero-order valence-corrected chi connectivity index (χ0v) is 9.99. The first kappa shape index (κ1) is 10.1. The average Bonchev–Trinajstić information content (AvgIpc) is 2.94. The molecule has 17 heavy (non-hydrogen) atoms. The molecule has 0 unspecified atom stereocenters. The highest BCUT2D eigenvalue weighted by Crippen LogP contribution is 2.28. The average molecular weight is 229 g/mol. The van der Waals surface area contributed by atoms with Crippen molar-refractivity contribution in [1.29, 1.82) is 0 Å². The second-order valence-corrected chi connectivity index (χ2v) is 4.20. The van der Waals surface area contributed by atoms with E-state index in [1.807, 2.05) is 18.7 Å². The molecule has 2 N–H and O–H groups in total. The van der Waals surface area contributed by atoms with Crippen LogP contribution in [0.15, 0.2) is 18.2 Å². The van der Waals surface area contributed by atoms with Crippen molar-refractivity contribution in [1.82, 2.24) is 14.8 Å². The van der Waals surface area contributed by atoms with Crippen LogP contribution in [0, 0.1) is 0 Å². The Hall–Kier alpha value is -2.04. The molecule has 88 valence electrons. The highest BCUT2D eigenvalue weighted by atomic mass is 15.3. The van der Waals surface area contributed by atoms with Crippen LogP contribution in [0.2, 0.25) is 0 Å². The molecular formula is C12H15N5. The molecule has 0 saturated carbocycles. The summed E-state index contributed by atoms with van der Waals surface area (Å²) in [7, 11) is 3.81. The van der Waals surface area contributed by atoms with E-state index in [2.05, 4.69) is 39.0 Å². The fraction of sp³-hybridized carbons (Fsp3) is 0.333. The maximum absolute atomic E-state index is 4.20. The first-order valence-corrected chi connectivity index (χ1v) is 5.74. The number of benzene rings is 1. The fourth-order valence-electron chi connectivity index (χ4n) is 2.23. The van der Waals surface area contributed by atoms with Crippen LogP contribution in [-0.4, -0.2) is 28.4 Å². The summed E-state index contributed by atoms with van der Waals surface area (Å²) in [6.45, 7) is 1.03. The molecule has 0 radical (unpaired) electrons. The number of hydrogen-bond donors (Lipinski definition) is 2. The van der Waals surface area contributed by atoms with E-state index in [1.54, 1.807) is 0 Å². The smallest absolute Gasteiger partial charge is 0.224 e. The van der Waals surface area contributed by atoms with Gasteiger partial charge >= 0.3 is 0 Å². The van der Waals surface area contributed by atoms with Gasteiger partial charge in [-0.15, -0.1) is 10.2 Å². The lowest BCUT2D eigenvalue weighted by Crippen LogP contribution is -1.99. The molecule has 1 aliphatic rings. The highest BCUT2D eigenvalue weighted by molar-refractivity contribution is 5.68. The number of nitrogens with one attached hydrogen (secondary N) is 2. The van der Waals surface area contributed by atoms with Gasteiger partial charge in [0.25, 0.3) is 0 Å². The van der Waals surface area contributed by atoms with Crippen LogP contribution in [0.1, 0.15) is 5.56 Å². The number of fused-ring (bicyclic) bond motifs is 1. The van der Waals surface area contributed by atoms with E-state index in [1.165, 1.54) is 11.3 Å². The van der Waals surface area contributed by atoms with Crippen LogP contribution in [0.25, 0.3) is 11.4 Å². The third kappa shape index (κ3) is 1.54. The van der Waals surface area contributed by atoms with Gasteiger partial charge in [0.05, 0.1) is 0 Å². The Morgan fingerprint density at radius 1 is 1.35 bits per heavy atom. The molecule has 1 aliphatic heterocycles. The minimum atomic E-state index is 0.772. The molecule has 0 fully saturated rings. The molecule has 0 atom stereocenters. The molecule has 0 spiro atoms. The SMILES string of the molecule is CNc1nnc(-c2ccc3c(c2)NCC3)n1C. The van der Waals surface area contributed by atoms with Crippen molar-refractivity contribution < 1.29 is 0 Å². The van der Waals surface area contributed by atoms with E-state index in [9.17, 15) is 0 Å². The molecule has 5 nitrogen and oxygen atoms in total. The summed E-state index contributed by atoms with van der Waals surface area (Å²) in [6.07, 6.45) is 1.11. The van der Waals surface area contributed by atoms with Crippen molar-refractivity contribution in [3.8, 4) is 11.4 Å². The number of rotatable bonds is 2. The van der Waals surface area contributed by atoms with Gasteiger partial charge in [0, 0.05) is 31.9 Å². The molecule has 0 bridgehead atoms. The van der Waals surface area contributed by atoms with E-state index in [0.717, 1.165) is 30.3 Å². The molecule has 5 heteroatoms. The lowest BCUT2D eigenvalue weighted by atomic mass is 10.1. The normalized spacial score (nSPS) is 13.3. The van der Waals surface area contributed by atoms with Crippen LogP contribution in [0.3, 0.4) is 0 Å². The Morgan fingerprint density at radius 2 is 2.24 bits per heavy atom. The van der Waals surface area contributed by atoms with Gasteiger partial charge in [-0.1, -0.05) is 12.1 Å². The number of hydrogen-bond acceptors (Lipinski definition) is 4. The monoisotopic (exact) mass is 229 g/mol. The molecule has 2 aromatic rings. The molecular weight excluding hydrogens is 214 g/mol. The van der Waals surface area contributed by atoms with Crippen molar-refractivity contribution >= 4 is 11.6 Å². The zero-order chi connectivity index (χ0) is 11.8. The Kier molecular flexibility index (Phi) is 2.24. The summed E-state index contributed by atoms with van der Waals surface area (Å²) < 4.78 is 1.96. The van der Waals surface area contributed by atoms with Crippen LogP contribution in [-0.2, 0) is 13.5 Å². The van der Waals surface area contributed by atoms with Crippen molar-refractivity contribution in [2.45, 2.75) is 6.42 Å². The van der Waals surface area contributed by atoms with E-state index < -0.39 is 0 Å². The third-order valence-corrected chi connectivity index (χ3v) is 3.18. The topological polar surface area (TPSA) is 54.8 Å². The summed E-state index contributed by atoms with van der Waals surface area (Å²) in [5.41, 5.74) is 3.69. The summed E-state index contributed by atoms with van der Waals surface area (Å²) >= 11 is 0. The first-order chi connectivity index (χ1) is 8.29. The molecule has 0 aliphatic carbocycles. The van der Waals surface area contributed by atoms with E-state index in [-0.39, 0.29) is 0 Å². The predicted octanol–water partition coefficient (Wildman–Crippen LogP) is 1.49. The minimum Gasteiger partial charge on any atom is -0.384 e. The molecule has 1 aromatic carbocycles. The molecule has 1 aromatic heterocycles. The second-order valence-electron chi connectivity index (χ2n) is 4.20. The predicted molar refractivity (Wildman–Crippen MR) is 68.2 cm³/mol. The zero-order valence-electron chi connectivity index (χ0n) is 9.99. The first-order valence-electron chi connectivity index (χ1n) is 5.74. The second kappa shape index (κ2) is 3.76. The van der Waals surface area contributed by atoms with Crippen molar-refractivity contribution in [2.75, 3.05) is 24.2 Å². The lowest BCUT2D eigenvalue weighted by Gasteiger charge is -2.05. The molecule has 0 amide bonds. The Balaban J connectivity index is 2.06. The van der Waals surface area contributed by atoms with Crippen molar-refractivity contribution in [2.24, 2.45) is 7.05 Å². The summed E-state index contributed by atoms with van der Waals surface area (Å²) in [4.78, 5) is 0. The Bertz CT molecular complexity index is 558. The van der Waals surface area contributed by atoms with Gasteiger partial charge < -0.3 is 10.6 Å². The van der Waals surface area contributed by atoms with Crippen LogP contribution in [0.4, 0.5) is 11.6 Å². The quantitative estimate of drug-likeness (QED) is 0.819. The van der Waals surface area contributed by atoms with Crippen molar-refractivity contribution in [3.63, 3.8) is 0 Å². The van der Waals surface area contributed by atoms with E-state index in [0.29, 0.717) is 0 Å². The molecule has 3 rings (SSSR count). The van der Waals surface area contributed by atoms with Gasteiger partial charge in [0.2, 0.25) is 5.95 Å². The highest BCUT2D eigenvalue weighted by Gasteiger charge is 2.14. The maximum atomic E-state index is 4.20. The van der Waals surface area contributed by atoms with Crippen LogP contribution < -0.4 is 10.6 Å². The van der Waals surface area contributed by atoms with Gasteiger partial charge in [-0.05, 0) is 18.1 Å². The molecule has 0 saturated heterocycles. The Labute approximate surface area is 99.9 Å². The summed E-state index contributed by atoms with van der Waals surface area (Å²) in [5, 5.41) is 14.7. The van der Waals surface area contributed by atoms with Crippen LogP contribution in [0.5, 0.6) is 0 Å². The van der Waals surface area contributed by atoms with Gasteiger partial charge in [-0.25, -0.2) is 0 Å². The minimum absolute atomic E-state index is 0.772. The van der Waals surface area contributed by atoms with Gasteiger partial charge in [-0.3, -0.25) is 4.57 Å². The maximum Gasteiger partial charge on any atom is 0.224 e. The van der Waals surface area contributed by atoms with Gasteiger partial charge in [0.15, 0.2) is 5.82 Å². The summed E-state index contributed by atoms with van der Waals surface area (Å²) in [5.74, 6) is 1.65. The third-order valence-electron chi connectivity index (χ3n) is 3.18. The summed E-state index contributed by atoms with van der Waals surface area (Å²) in [6, 6.07) is 6.42. The fourth-order valence-corrected chi connectivity index (χ4v) is 2.23. The molecule has 2 heterocycles. The largest absolute Gasteiger partial charge is 0.384 e. The van der Waals surface area contributed by atoms with E-state index >= 15 is 0 Å². The van der Waals surface area contributed by atoms with Crippen LogP contribution >= 0.6 is 0 Å². The number of aromatic nitrogens is 3. The lowest BCUT2D eigenvalue weighted by molar-refractivity contribution is 0.925. The number of anilines is 2. The van der Waals surface area contributed by atoms with Gasteiger partial charge in [0.1, 0.15) is 0 Å². The van der Waals surface area contributed by atoms with E-state index in [4.69, 9.17) is 0 Å². The van der Waals surface area contributed by atoms with Gasteiger partial charge in [-0.2, -0.15) is 0 Å². The van der Waals surface area contributed by atoms with Crippen molar-refractivity contribution in [3.05, 3.63) is 23.8 Å². The standard InChI is InChI=1S/C12H15N5/c1-13-12-16-15-11(17(12)2)9-4-3-8-5-6-14-10(8)7-9/h3-4,7,14H,5-6H2,1-2H3,(H,13,16).